The summed E-state index contributed by atoms with van der Waals surface area (Å²) in [7, 11) is 0. The zero-order valence-corrected chi connectivity index (χ0v) is 9.98. The van der Waals surface area contributed by atoms with Crippen LogP contribution >= 0.6 is 11.3 Å². The van der Waals surface area contributed by atoms with Crippen molar-refractivity contribution in [2.45, 2.75) is 6.42 Å². The first-order chi connectivity index (χ1) is 8.58. The maximum Gasteiger partial charge on any atom is 0.318 e. The number of nitrogens with one attached hydrogen (secondary N) is 1. The summed E-state index contributed by atoms with van der Waals surface area (Å²) in [6, 6.07) is 3.66. The van der Waals surface area contributed by atoms with Gasteiger partial charge in [0.1, 0.15) is 0 Å². The third-order valence-corrected chi connectivity index (χ3v) is 3.27. The second-order valence-electron chi connectivity index (χ2n) is 3.64. The smallest absolute Gasteiger partial charge is 0.318 e. The average molecular weight is 266 g/mol. The Morgan fingerprint density at radius 1 is 1.39 bits per heavy atom. The molecule has 0 aromatic carbocycles. The van der Waals surface area contributed by atoms with Gasteiger partial charge in [0.05, 0.1) is 16.4 Å². The predicted molar refractivity (Wildman–Crippen MR) is 64.4 cm³/mol. The van der Waals surface area contributed by atoms with Crippen LogP contribution in [0.15, 0.2) is 23.7 Å². The number of H-pyrrole nitrogens is 1. The molecule has 3 N–H and O–H groups in total. The number of thiazole rings is 1. The van der Waals surface area contributed by atoms with E-state index in [1.807, 2.05) is 12.1 Å². The highest BCUT2D eigenvalue weighted by molar-refractivity contribution is 7.10. The van der Waals surface area contributed by atoms with Crippen LogP contribution in [0, 0.1) is 5.92 Å². The molecule has 0 saturated heterocycles. The van der Waals surface area contributed by atoms with Crippen molar-refractivity contribution in [2.24, 2.45) is 5.92 Å². The molecule has 2 aromatic heterocycles. The van der Waals surface area contributed by atoms with Crippen molar-refractivity contribution in [1.29, 1.82) is 0 Å². The number of aliphatic carboxylic acids is 2. The second kappa shape index (κ2) is 5.01. The van der Waals surface area contributed by atoms with Gasteiger partial charge in [0.2, 0.25) is 0 Å². The molecule has 0 saturated carbocycles. The van der Waals surface area contributed by atoms with Crippen LogP contribution < -0.4 is 0 Å². The molecular weight excluding hydrogens is 256 g/mol. The van der Waals surface area contributed by atoms with Crippen LogP contribution in [0.1, 0.15) is 5.01 Å². The van der Waals surface area contributed by atoms with E-state index in [9.17, 15) is 9.59 Å². The van der Waals surface area contributed by atoms with Crippen molar-refractivity contribution in [2.75, 3.05) is 0 Å². The summed E-state index contributed by atoms with van der Waals surface area (Å²) in [5.41, 5.74) is 1.51. The first-order valence-corrected chi connectivity index (χ1v) is 5.99. The molecule has 0 radical (unpaired) electrons. The summed E-state index contributed by atoms with van der Waals surface area (Å²) in [4.78, 5) is 28.7. The standard InChI is InChI=1S/C11H10N2O4S/c14-10(15)6(11(16)17)4-9-13-8(5-18-9)7-2-1-3-12-7/h1-3,5-6,12H,4H2,(H,14,15)(H,16,17). The number of rotatable bonds is 5. The van der Waals surface area contributed by atoms with Crippen LogP contribution in [-0.2, 0) is 16.0 Å². The minimum Gasteiger partial charge on any atom is -0.481 e. The van der Waals surface area contributed by atoms with Crippen LogP contribution in [0.2, 0.25) is 0 Å². The van der Waals surface area contributed by atoms with Crippen LogP contribution in [0.5, 0.6) is 0 Å². The summed E-state index contributed by atoms with van der Waals surface area (Å²) < 4.78 is 0. The van der Waals surface area contributed by atoms with Crippen LogP contribution in [0.4, 0.5) is 0 Å². The number of carboxylic acids is 2. The number of hydrogen-bond donors (Lipinski definition) is 3. The summed E-state index contributed by atoms with van der Waals surface area (Å²) >= 11 is 1.25. The Morgan fingerprint density at radius 3 is 2.67 bits per heavy atom. The maximum atomic E-state index is 10.8. The molecule has 0 atom stereocenters. The molecule has 0 aliphatic heterocycles. The topological polar surface area (TPSA) is 103 Å². The molecule has 94 valence electrons. The molecule has 2 rings (SSSR count). The molecule has 18 heavy (non-hydrogen) atoms. The van der Waals surface area contributed by atoms with Gasteiger partial charge in [-0.3, -0.25) is 9.59 Å². The first-order valence-electron chi connectivity index (χ1n) is 5.11. The maximum absolute atomic E-state index is 10.8. The molecule has 6 nitrogen and oxygen atoms in total. The van der Waals surface area contributed by atoms with E-state index in [1.165, 1.54) is 11.3 Å². The van der Waals surface area contributed by atoms with Gasteiger partial charge in [-0.1, -0.05) is 0 Å². The lowest BCUT2D eigenvalue weighted by Crippen LogP contribution is -2.25. The van der Waals surface area contributed by atoms with E-state index in [1.54, 1.807) is 11.6 Å². The highest BCUT2D eigenvalue weighted by Gasteiger charge is 2.27. The molecule has 0 aliphatic carbocycles. The minimum absolute atomic E-state index is 0.101. The molecular formula is C11H10N2O4S. The molecule has 0 unspecified atom stereocenters. The average Bonchev–Trinajstić information content (AvgIpc) is 2.95. The predicted octanol–water partition coefficient (Wildman–Crippen LogP) is 1.47. The fourth-order valence-electron chi connectivity index (χ4n) is 1.47. The largest absolute Gasteiger partial charge is 0.481 e. The van der Waals surface area contributed by atoms with Crippen LogP contribution in [0.3, 0.4) is 0 Å². The fraction of sp³-hybridized carbons (Fsp3) is 0.182. The fourth-order valence-corrected chi connectivity index (χ4v) is 2.31. The van der Waals surface area contributed by atoms with Gasteiger partial charge in [-0.25, -0.2) is 4.98 Å². The third kappa shape index (κ3) is 2.57. The van der Waals surface area contributed by atoms with Gasteiger partial charge in [-0.05, 0) is 12.1 Å². The Kier molecular flexibility index (Phi) is 3.42. The molecule has 0 fully saturated rings. The summed E-state index contributed by atoms with van der Waals surface area (Å²) in [5.74, 6) is -4.15. The molecule has 0 amide bonds. The van der Waals surface area contributed by atoms with Gasteiger partial charge in [0, 0.05) is 18.0 Å². The van der Waals surface area contributed by atoms with Crippen molar-refractivity contribution < 1.29 is 19.8 Å². The van der Waals surface area contributed by atoms with E-state index in [0.29, 0.717) is 10.7 Å². The van der Waals surface area contributed by atoms with Gasteiger partial charge < -0.3 is 15.2 Å². The summed E-state index contributed by atoms with van der Waals surface area (Å²) in [6.07, 6.45) is 1.65. The Balaban J connectivity index is 2.16. The number of carbonyl (C=O) groups is 2. The van der Waals surface area contributed by atoms with Gasteiger partial charge in [-0.2, -0.15) is 0 Å². The van der Waals surface area contributed by atoms with E-state index in [-0.39, 0.29) is 6.42 Å². The van der Waals surface area contributed by atoms with E-state index < -0.39 is 17.9 Å². The summed E-state index contributed by atoms with van der Waals surface area (Å²) in [6.45, 7) is 0. The van der Waals surface area contributed by atoms with Crippen LogP contribution in [0.25, 0.3) is 11.4 Å². The van der Waals surface area contributed by atoms with E-state index in [2.05, 4.69) is 9.97 Å². The Hall–Kier alpha value is -2.15. The van der Waals surface area contributed by atoms with Gasteiger partial charge in [-0.15, -0.1) is 11.3 Å². The zero-order chi connectivity index (χ0) is 13.1. The van der Waals surface area contributed by atoms with Crippen molar-refractivity contribution in [1.82, 2.24) is 9.97 Å². The van der Waals surface area contributed by atoms with Crippen molar-refractivity contribution in [3.05, 3.63) is 28.7 Å². The van der Waals surface area contributed by atoms with E-state index >= 15 is 0 Å². The Morgan fingerprint density at radius 2 is 2.11 bits per heavy atom. The Labute approximate surface area is 106 Å². The highest BCUT2D eigenvalue weighted by Crippen LogP contribution is 2.22. The molecule has 2 aromatic rings. The van der Waals surface area contributed by atoms with Gasteiger partial charge >= 0.3 is 11.9 Å². The minimum atomic E-state index is -1.45. The lowest BCUT2D eigenvalue weighted by atomic mass is 10.1. The Bertz CT molecular complexity index is 547. The first kappa shape index (κ1) is 12.3. The van der Waals surface area contributed by atoms with Crippen LogP contribution in [-0.4, -0.2) is 32.1 Å². The van der Waals surface area contributed by atoms with Crippen molar-refractivity contribution in [3.63, 3.8) is 0 Å². The number of hydrogen-bond acceptors (Lipinski definition) is 4. The zero-order valence-electron chi connectivity index (χ0n) is 9.16. The number of aromatic amines is 1. The van der Waals surface area contributed by atoms with Crippen molar-refractivity contribution >= 4 is 23.3 Å². The second-order valence-corrected chi connectivity index (χ2v) is 4.59. The van der Waals surface area contributed by atoms with E-state index in [0.717, 1.165) is 5.69 Å². The summed E-state index contributed by atoms with van der Waals surface area (Å²) in [5, 5.41) is 19.8. The van der Waals surface area contributed by atoms with Gasteiger partial charge in [0.25, 0.3) is 0 Å². The molecule has 0 bridgehead atoms. The molecule has 2 heterocycles. The van der Waals surface area contributed by atoms with Gasteiger partial charge in [0.15, 0.2) is 5.92 Å². The third-order valence-electron chi connectivity index (χ3n) is 2.40. The number of carboxylic acid groups (broad SMARTS) is 2. The SMILES string of the molecule is O=C(O)C(Cc1nc(-c2ccc[nH]2)cs1)C(=O)O. The normalized spacial score (nSPS) is 10.7. The quantitative estimate of drug-likeness (QED) is 0.711. The molecule has 0 aliphatic rings. The number of aromatic nitrogens is 2. The van der Waals surface area contributed by atoms with E-state index in [4.69, 9.17) is 10.2 Å². The lowest BCUT2D eigenvalue weighted by Gasteiger charge is -2.03. The monoisotopic (exact) mass is 266 g/mol. The molecule has 0 spiro atoms. The molecule has 7 heteroatoms. The highest BCUT2D eigenvalue weighted by atomic mass is 32.1. The lowest BCUT2D eigenvalue weighted by molar-refractivity contribution is -0.154. The number of nitrogens with zero attached hydrogens (tertiary/aromatic N) is 1. The van der Waals surface area contributed by atoms with Crippen molar-refractivity contribution in [3.8, 4) is 11.4 Å².